The minimum atomic E-state index is 0.280. The van der Waals surface area contributed by atoms with Crippen LogP contribution >= 0.6 is 23.1 Å². The van der Waals surface area contributed by atoms with Crippen LogP contribution in [0.15, 0.2) is 34.8 Å². The highest BCUT2D eigenvalue weighted by molar-refractivity contribution is 7.98. The van der Waals surface area contributed by atoms with Gasteiger partial charge >= 0.3 is 0 Å². The Morgan fingerprint density at radius 1 is 1.23 bits per heavy atom. The van der Waals surface area contributed by atoms with Crippen molar-refractivity contribution in [1.82, 2.24) is 24.6 Å². The van der Waals surface area contributed by atoms with Crippen molar-refractivity contribution in [3.8, 4) is 16.3 Å². The molecule has 6 nitrogen and oxygen atoms in total. The van der Waals surface area contributed by atoms with Crippen molar-refractivity contribution in [2.45, 2.75) is 56.6 Å². The fraction of sp³-hybridized carbons (Fsp3) is 0.500. The molecule has 0 saturated heterocycles. The van der Waals surface area contributed by atoms with Gasteiger partial charge in [-0.2, -0.15) is 0 Å². The van der Waals surface area contributed by atoms with E-state index in [0.29, 0.717) is 0 Å². The van der Waals surface area contributed by atoms with Gasteiger partial charge in [-0.05, 0) is 39.1 Å². The first-order valence-electron chi connectivity index (χ1n) is 10.4. The number of hydrogen-bond acceptors (Lipinski definition) is 7. The molecule has 0 bridgehead atoms. The number of unbranched alkanes of at least 4 members (excludes halogenated alkanes) is 1. The van der Waals surface area contributed by atoms with E-state index >= 15 is 0 Å². The number of methoxy groups -OCH3 is 1. The normalized spacial score (nSPS) is 12.5. The van der Waals surface area contributed by atoms with Gasteiger partial charge in [-0.25, -0.2) is 4.98 Å². The van der Waals surface area contributed by atoms with E-state index in [2.05, 4.69) is 59.1 Å². The van der Waals surface area contributed by atoms with E-state index in [9.17, 15) is 0 Å². The van der Waals surface area contributed by atoms with Gasteiger partial charge in [-0.1, -0.05) is 44.2 Å². The van der Waals surface area contributed by atoms with Crippen molar-refractivity contribution in [2.24, 2.45) is 0 Å². The molecular formula is C22H31N5OS2. The molecule has 0 aliphatic heterocycles. The van der Waals surface area contributed by atoms with Crippen molar-refractivity contribution in [3.05, 3.63) is 41.2 Å². The molecule has 0 N–H and O–H groups in total. The first kappa shape index (κ1) is 22.8. The van der Waals surface area contributed by atoms with Crippen LogP contribution in [0.5, 0.6) is 5.75 Å². The molecule has 3 aromatic rings. The summed E-state index contributed by atoms with van der Waals surface area (Å²) in [7, 11) is 5.90. The topological polar surface area (TPSA) is 56.1 Å². The van der Waals surface area contributed by atoms with Gasteiger partial charge in [-0.15, -0.1) is 21.5 Å². The maximum absolute atomic E-state index is 5.33. The second-order valence-electron chi connectivity index (χ2n) is 7.40. The molecule has 0 radical (unpaired) electrons. The molecule has 0 spiro atoms. The molecule has 0 amide bonds. The van der Waals surface area contributed by atoms with Crippen molar-refractivity contribution >= 4 is 23.1 Å². The maximum Gasteiger partial charge on any atom is 0.191 e. The van der Waals surface area contributed by atoms with Crippen molar-refractivity contribution in [2.75, 3.05) is 21.2 Å². The van der Waals surface area contributed by atoms with Crippen LogP contribution < -0.4 is 4.74 Å². The zero-order valence-corrected chi connectivity index (χ0v) is 20.1. The minimum absolute atomic E-state index is 0.280. The average Bonchev–Trinajstić information content (AvgIpc) is 3.38. The van der Waals surface area contributed by atoms with Gasteiger partial charge in [-0.3, -0.25) is 4.90 Å². The van der Waals surface area contributed by atoms with E-state index < -0.39 is 0 Å². The third kappa shape index (κ3) is 5.42. The van der Waals surface area contributed by atoms with Gasteiger partial charge < -0.3 is 9.30 Å². The first-order valence-corrected chi connectivity index (χ1v) is 12.2. The summed E-state index contributed by atoms with van der Waals surface area (Å²) in [5.41, 5.74) is 2.15. The monoisotopic (exact) mass is 445 g/mol. The minimum Gasteiger partial charge on any atom is -0.497 e. The smallest absolute Gasteiger partial charge is 0.191 e. The molecule has 162 valence electrons. The number of benzene rings is 1. The van der Waals surface area contributed by atoms with Crippen LogP contribution in [0.1, 0.15) is 50.7 Å². The first-order chi connectivity index (χ1) is 14.6. The Labute approximate surface area is 187 Å². The Kier molecular flexibility index (Phi) is 8.30. The van der Waals surface area contributed by atoms with Crippen molar-refractivity contribution in [3.63, 3.8) is 0 Å². The van der Waals surface area contributed by atoms with Gasteiger partial charge in [0.1, 0.15) is 10.8 Å². The Hall–Kier alpha value is -1.90. The molecule has 8 heteroatoms. The number of thiazole rings is 1. The van der Waals surface area contributed by atoms with Crippen LogP contribution in [-0.4, -0.2) is 45.9 Å². The Morgan fingerprint density at radius 2 is 2.07 bits per heavy atom. The highest BCUT2D eigenvalue weighted by Crippen LogP contribution is 2.31. The van der Waals surface area contributed by atoms with Gasteiger partial charge in [0.2, 0.25) is 0 Å². The van der Waals surface area contributed by atoms with Crippen molar-refractivity contribution < 1.29 is 4.74 Å². The van der Waals surface area contributed by atoms with Crippen LogP contribution in [0.4, 0.5) is 0 Å². The lowest BCUT2D eigenvalue weighted by Crippen LogP contribution is -2.23. The molecule has 0 aliphatic rings. The third-order valence-electron chi connectivity index (χ3n) is 5.01. The lowest BCUT2D eigenvalue weighted by molar-refractivity contribution is 0.270. The summed E-state index contributed by atoms with van der Waals surface area (Å²) in [6.45, 7) is 5.37. The summed E-state index contributed by atoms with van der Waals surface area (Å²) in [4.78, 5) is 7.05. The molecular weight excluding hydrogens is 414 g/mol. The zero-order valence-electron chi connectivity index (χ0n) is 18.5. The lowest BCUT2D eigenvalue weighted by Gasteiger charge is -2.23. The van der Waals surface area contributed by atoms with Crippen LogP contribution in [0, 0.1) is 0 Å². The van der Waals surface area contributed by atoms with Crippen LogP contribution in [0.3, 0.4) is 0 Å². The summed E-state index contributed by atoms with van der Waals surface area (Å²) in [6, 6.07) is 8.32. The van der Waals surface area contributed by atoms with Gasteiger partial charge in [0.25, 0.3) is 0 Å². The predicted octanol–water partition coefficient (Wildman–Crippen LogP) is 5.52. The fourth-order valence-electron chi connectivity index (χ4n) is 3.36. The number of thioether (sulfide) groups is 1. The van der Waals surface area contributed by atoms with E-state index in [-0.39, 0.29) is 6.04 Å². The summed E-state index contributed by atoms with van der Waals surface area (Å²) >= 11 is 3.38. The number of hydrogen-bond donors (Lipinski definition) is 0. The largest absolute Gasteiger partial charge is 0.497 e. The van der Waals surface area contributed by atoms with Crippen LogP contribution in [0.25, 0.3) is 10.6 Å². The average molecular weight is 446 g/mol. The van der Waals surface area contributed by atoms with Crippen LogP contribution in [-0.2, 0) is 12.3 Å². The zero-order chi connectivity index (χ0) is 21.5. The molecule has 0 aliphatic carbocycles. The molecule has 3 rings (SSSR count). The number of ether oxygens (including phenoxy) is 1. The van der Waals surface area contributed by atoms with E-state index in [0.717, 1.165) is 64.6 Å². The van der Waals surface area contributed by atoms with E-state index in [1.165, 1.54) is 0 Å². The SMILES string of the molecule is CCCCn1c(SCc2csc(-c3cccc(OC)c3)n2)nnc1C(CC)N(C)C. The second kappa shape index (κ2) is 10.9. The van der Waals surface area contributed by atoms with E-state index in [4.69, 9.17) is 9.72 Å². The molecule has 0 fully saturated rings. The standard InChI is InChI=1S/C22H31N5OS2/c1-6-8-12-27-20(19(7-2)26(3)4)24-25-22(27)30-15-17-14-29-21(23-17)16-10-9-11-18(13-16)28-5/h9-11,13-14,19H,6-8,12,15H2,1-5H3. The third-order valence-corrected chi connectivity index (χ3v) is 6.95. The molecule has 1 atom stereocenters. The summed E-state index contributed by atoms with van der Waals surface area (Å²) < 4.78 is 7.64. The number of aromatic nitrogens is 4. The molecule has 30 heavy (non-hydrogen) atoms. The second-order valence-corrected chi connectivity index (χ2v) is 9.20. The van der Waals surface area contributed by atoms with E-state index in [1.54, 1.807) is 30.2 Å². The number of nitrogens with zero attached hydrogens (tertiary/aromatic N) is 5. The van der Waals surface area contributed by atoms with Crippen molar-refractivity contribution in [1.29, 1.82) is 0 Å². The predicted molar refractivity (Wildman–Crippen MR) is 125 cm³/mol. The fourth-order valence-corrected chi connectivity index (χ4v) is 5.15. The van der Waals surface area contributed by atoms with Gasteiger partial charge in [0.05, 0.1) is 18.8 Å². The molecule has 2 aromatic heterocycles. The molecule has 1 unspecified atom stereocenters. The molecule has 1 aromatic carbocycles. The molecule has 2 heterocycles. The Balaban J connectivity index is 1.75. The summed E-state index contributed by atoms with van der Waals surface area (Å²) in [5, 5.41) is 13.2. The summed E-state index contributed by atoms with van der Waals surface area (Å²) in [5.74, 6) is 2.69. The quantitative estimate of drug-likeness (QED) is 0.363. The van der Waals surface area contributed by atoms with Crippen LogP contribution in [0.2, 0.25) is 0 Å². The summed E-state index contributed by atoms with van der Waals surface area (Å²) in [6.07, 6.45) is 3.29. The molecule has 0 saturated carbocycles. The maximum atomic E-state index is 5.33. The number of rotatable bonds is 11. The Bertz CT molecular complexity index is 937. The Morgan fingerprint density at radius 3 is 2.77 bits per heavy atom. The van der Waals surface area contributed by atoms with Gasteiger partial charge in [0, 0.05) is 23.2 Å². The lowest BCUT2D eigenvalue weighted by atomic mass is 10.2. The highest BCUT2D eigenvalue weighted by Gasteiger charge is 2.22. The van der Waals surface area contributed by atoms with Gasteiger partial charge in [0.15, 0.2) is 11.0 Å². The highest BCUT2D eigenvalue weighted by atomic mass is 32.2. The van der Waals surface area contributed by atoms with E-state index in [1.807, 2.05) is 18.2 Å².